The van der Waals surface area contributed by atoms with E-state index in [2.05, 4.69) is 30.9 Å². The lowest BCUT2D eigenvalue weighted by molar-refractivity contribution is 0.413. The predicted molar refractivity (Wildman–Crippen MR) is 75.7 cm³/mol. The first-order valence-corrected chi connectivity index (χ1v) is 5.99. The number of anilines is 3. The summed E-state index contributed by atoms with van der Waals surface area (Å²) in [5.74, 6) is 5.98. The summed E-state index contributed by atoms with van der Waals surface area (Å²) in [5, 5.41) is 10.4. The summed E-state index contributed by atoms with van der Waals surface area (Å²) in [6.45, 7) is 0. The molecular weight excluding hydrogens is 277 g/mol. The average molecular weight is 289 g/mol. The molecule has 0 unspecified atom stereocenters. The first kappa shape index (κ1) is 13.1. The molecule has 9 heteroatoms. The van der Waals surface area contributed by atoms with Crippen molar-refractivity contribution in [3.8, 4) is 5.75 Å². The summed E-state index contributed by atoms with van der Waals surface area (Å²) in [6.07, 6.45) is 1.58. The van der Waals surface area contributed by atoms with E-state index in [0.717, 1.165) is 0 Å². The Kier molecular flexibility index (Phi) is 3.24. The van der Waals surface area contributed by atoms with Crippen molar-refractivity contribution >= 4 is 28.5 Å². The Hall–Kier alpha value is -2.94. The first-order chi connectivity index (χ1) is 10.2. The third kappa shape index (κ3) is 2.41. The maximum absolute atomic E-state index is 13.2. The molecule has 2 heterocycles. The predicted octanol–water partition coefficient (Wildman–Crippen LogP) is 1.53. The third-order valence-corrected chi connectivity index (χ3v) is 2.86. The minimum Gasteiger partial charge on any atom is -0.494 e. The average Bonchev–Trinajstić information content (AvgIpc) is 2.97. The van der Waals surface area contributed by atoms with E-state index < -0.39 is 5.82 Å². The molecule has 0 amide bonds. The smallest absolute Gasteiger partial charge is 0.241 e. The second kappa shape index (κ2) is 5.21. The monoisotopic (exact) mass is 289 g/mol. The van der Waals surface area contributed by atoms with Gasteiger partial charge in [-0.1, -0.05) is 0 Å². The van der Waals surface area contributed by atoms with Crippen LogP contribution in [0, 0.1) is 5.82 Å². The van der Waals surface area contributed by atoms with Crippen molar-refractivity contribution in [2.24, 2.45) is 5.84 Å². The van der Waals surface area contributed by atoms with Crippen molar-refractivity contribution in [3.63, 3.8) is 0 Å². The number of nitrogens with zero attached hydrogens (tertiary/aromatic N) is 3. The summed E-state index contributed by atoms with van der Waals surface area (Å²) in [4.78, 5) is 8.33. The number of H-pyrrole nitrogens is 1. The minimum atomic E-state index is -0.391. The molecule has 108 valence electrons. The van der Waals surface area contributed by atoms with Gasteiger partial charge in [-0.2, -0.15) is 15.1 Å². The molecule has 0 fully saturated rings. The molecular formula is C12H12FN7O. The van der Waals surface area contributed by atoms with Gasteiger partial charge < -0.3 is 10.1 Å². The molecule has 3 aromatic rings. The quantitative estimate of drug-likeness (QED) is 0.425. The van der Waals surface area contributed by atoms with E-state index in [1.165, 1.54) is 19.2 Å². The van der Waals surface area contributed by atoms with Gasteiger partial charge in [-0.05, 0) is 12.1 Å². The molecule has 0 bridgehead atoms. The van der Waals surface area contributed by atoms with E-state index in [-0.39, 0.29) is 5.95 Å². The highest BCUT2D eigenvalue weighted by Gasteiger charge is 2.12. The summed E-state index contributed by atoms with van der Waals surface area (Å²) in [5.41, 5.74) is 3.45. The van der Waals surface area contributed by atoms with Crippen LogP contribution < -0.4 is 21.3 Å². The van der Waals surface area contributed by atoms with Crippen LogP contribution in [-0.4, -0.2) is 27.3 Å². The fraction of sp³-hybridized carbons (Fsp3) is 0.0833. The summed E-state index contributed by atoms with van der Waals surface area (Å²) >= 11 is 0. The van der Waals surface area contributed by atoms with E-state index in [4.69, 9.17) is 10.6 Å². The van der Waals surface area contributed by atoms with Gasteiger partial charge in [-0.25, -0.2) is 10.2 Å². The highest BCUT2D eigenvalue weighted by Crippen LogP contribution is 2.30. The van der Waals surface area contributed by atoms with Gasteiger partial charge in [-0.3, -0.25) is 10.5 Å². The van der Waals surface area contributed by atoms with Gasteiger partial charge in [0.1, 0.15) is 17.4 Å². The Morgan fingerprint density at radius 3 is 2.95 bits per heavy atom. The number of nitrogens with two attached hydrogens (primary N) is 1. The zero-order chi connectivity index (χ0) is 14.8. The number of halogens is 1. The zero-order valence-electron chi connectivity index (χ0n) is 11.0. The molecule has 3 rings (SSSR count). The van der Waals surface area contributed by atoms with Crippen LogP contribution in [0.5, 0.6) is 5.75 Å². The van der Waals surface area contributed by atoms with Crippen LogP contribution in [0.1, 0.15) is 0 Å². The maximum atomic E-state index is 13.2. The minimum absolute atomic E-state index is 0.218. The van der Waals surface area contributed by atoms with Gasteiger partial charge in [0.05, 0.1) is 24.4 Å². The second-order valence-electron chi connectivity index (χ2n) is 4.14. The lowest BCUT2D eigenvalue weighted by Crippen LogP contribution is -2.11. The van der Waals surface area contributed by atoms with Crippen LogP contribution in [0.4, 0.5) is 21.8 Å². The van der Waals surface area contributed by atoms with Crippen molar-refractivity contribution in [3.05, 3.63) is 30.2 Å². The lowest BCUT2D eigenvalue weighted by Gasteiger charge is -2.11. The topological polar surface area (TPSA) is 114 Å². The van der Waals surface area contributed by atoms with Crippen LogP contribution in [0.3, 0.4) is 0 Å². The van der Waals surface area contributed by atoms with Gasteiger partial charge in [0.25, 0.3) is 0 Å². The lowest BCUT2D eigenvalue weighted by atomic mass is 10.2. The van der Waals surface area contributed by atoms with Gasteiger partial charge in [0.2, 0.25) is 5.95 Å². The number of hydrazine groups is 1. The normalized spacial score (nSPS) is 10.6. The molecule has 8 nitrogen and oxygen atoms in total. The first-order valence-electron chi connectivity index (χ1n) is 5.99. The van der Waals surface area contributed by atoms with Crippen molar-refractivity contribution in [2.75, 3.05) is 17.9 Å². The van der Waals surface area contributed by atoms with E-state index in [9.17, 15) is 4.39 Å². The van der Waals surface area contributed by atoms with Crippen molar-refractivity contribution in [1.29, 1.82) is 0 Å². The van der Waals surface area contributed by atoms with Crippen LogP contribution in [0.2, 0.25) is 0 Å². The third-order valence-electron chi connectivity index (χ3n) is 2.86. The Labute approximate surface area is 118 Å². The molecule has 2 aromatic heterocycles. The van der Waals surface area contributed by atoms with Crippen molar-refractivity contribution in [1.82, 2.24) is 20.2 Å². The summed E-state index contributed by atoms with van der Waals surface area (Å²) in [7, 11) is 1.46. The van der Waals surface area contributed by atoms with Crippen molar-refractivity contribution < 1.29 is 9.13 Å². The van der Waals surface area contributed by atoms with Crippen LogP contribution in [0.15, 0.2) is 24.4 Å². The number of nitrogen functional groups attached to an aromatic ring is 1. The molecule has 0 spiro atoms. The highest BCUT2D eigenvalue weighted by molar-refractivity contribution is 5.89. The molecule has 5 N–H and O–H groups in total. The Balaban J connectivity index is 2.07. The number of benzene rings is 1. The largest absolute Gasteiger partial charge is 0.494 e. The summed E-state index contributed by atoms with van der Waals surface area (Å²) < 4.78 is 18.4. The van der Waals surface area contributed by atoms with Crippen LogP contribution in [0.25, 0.3) is 11.0 Å². The van der Waals surface area contributed by atoms with E-state index in [1.54, 1.807) is 12.3 Å². The zero-order valence-corrected chi connectivity index (χ0v) is 11.0. The number of fused-ring (bicyclic) bond motifs is 1. The van der Waals surface area contributed by atoms with Gasteiger partial charge in [0, 0.05) is 6.07 Å². The number of methoxy groups -OCH3 is 1. The Morgan fingerprint density at radius 1 is 1.33 bits per heavy atom. The maximum Gasteiger partial charge on any atom is 0.241 e. The number of hydrogen-bond acceptors (Lipinski definition) is 7. The number of rotatable bonds is 4. The molecule has 0 saturated carbocycles. The molecule has 0 aliphatic carbocycles. The number of aromatic nitrogens is 4. The van der Waals surface area contributed by atoms with Gasteiger partial charge in [0.15, 0.2) is 5.65 Å². The number of ether oxygens (including phenoxy) is 1. The van der Waals surface area contributed by atoms with E-state index >= 15 is 0 Å². The van der Waals surface area contributed by atoms with Crippen LogP contribution >= 0.6 is 0 Å². The van der Waals surface area contributed by atoms with E-state index in [0.29, 0.717) is 28.3 Å². The Morgan fingerprint density at radius 2 is 2.19 bits per heavy atom. The molecule has 0 atom stereocenters. The highest BCUT2D eigenvalue weighted by atomic mass is 19.1. The number of hydrogen-bond donors (Lipinski definition) is 4. The van der Waals surface area contributed by atoms with E-state index in [1.807, 2.05) is 0 Å². The molecule has 0 radical (unpaired) electrons. The number of nitrogens with one attached hydrogen (secondary N) is 3. The molecule has 1 aromatic carbocycles. The molecule has 0 saturated heterocycles. The van der Waals surface area contributed by atoms with Crippen LogP contribution in [-0.2, 0) is 0 Å². The molecule has 21 heavy (non-hydrogen) atoms. The standard InChI is InChI=1S/C12H12FN7O/c1-21-9-4-6(13)2-3-8(9)16-10-7-5-15-20-11(7)18-12(17-10)19-14/h2-5H,14H2,1H3,(H3,15,16,17,18,19,20). The van der Waals surface area contributed by atoms with Gasteiger partial charge in [-0.15, -0.1) is 0 Å². The SMILES string of the molecule is COc1cc(F)ccc1Nc1nc(NN)nc2[nH]ncc12. The van der Waals surface area contributed by atoms with Crippen molar-refractivity contribution in [2.45, 2.75) is 0 Å². The molecule has 0 aliphatic heterocycles. The molecule has 0 aliphatic rings. The number of aromatic amines is 1. The fourth-order valence-electron chi connectivity index (χ4n) is 1.89. The fourth-order valence-corrected chi connectivity index (χ4v) is 1.89. The Bertz CT molecular complexity index is 788. The van der Waals surface area contributed by atoms with Gasteiger partial charge >= 0.3 is 0 Å². The second-order valence-corrected chi connectivity index (χ2v) is 4.14. The summed E-state index contributed by atoms with van der Waals surface area (Å²) in [6, 6.07) is 4.15.